The Bertz CT molecular complexity index is 1120. The molecule has 1 fully saturated rings. The van der Waals surface area contributed by atoms with Gasteiger partial charge < -0.3 is 24.8 Å². The van der Waals surface area contributed by atoms with Crippen LogP contribution in [-0.2, 0) is 19.1 Å². The van der Waals surface area contributed by atoms with Gasteiger partial charge in [0, 0.05) is 23.9 Å². The molecule has 36 heavy (non-hydrogen) atoms. The zero-order valence-corrected chi connectivity index (χ0v) is 21.9. The first-order chi connectivity index (χ1) is 17.4. The number of nitrogens with one attached hydrogen (secondary N) is 3. The van der Waals surface area contributed by atoms with E-state index < -0.39 is 11.8 Å². The number of hydrogen-bond acceptors (Lipinski definition) is 7. The van der Waals surface area contributed by atoms with E-state index >= 15 is 0 Å². The van der Waals surface area contributed by atoms with E-state index in [4.69, 9.17) is 25.8 Å². The molecule has 10 nitrogen and oxygen atoms in total. The molecule has 1 aliphatic heterocycles. The van der Waals surface area contributed by atoms with Gasteiger partial charge in [-0.1, -0.05) is 17.7 Å². The number of halogens is 2. The molecule has 0 radical (unpaired) electrons. The zero-order chi connectivity index (χ0) is 25.9. The molecule has 2 aromatic rings. The van der Waals surface area contributed by atoms with E-state index in [2.05, 4.69) is 37.1 Å². The number of carbonyl (C=O) groups excluding carboxylic acids is 3. The molecule has 0 bridgehead atoms. The van der Waals surface area contributed by atoms with Crippen molar-refractivity contribution in [1.82, 2.24) is 10.7 Å². The monoisotopic (exact) mass is 580 g/mol. The first-order valence-electron chi connectivity index (χ1n) is 11.2. The number of hydrazone groups is 1. The van der Waals surface area contributed by atoms with Crippen LogP contribution in [0, 0.1) is 0 Å². The summed E-state index contributed by atoms with van der Waals surface area (Å²) in [5, 5.41) is 9.56. The highest BCUT2D eigenvalue weighted by Crippen LogP contribution is 2.36. The van der Waals surface area contributed by atoms with Crippen LogP contribution >= 0.6 is 27.5 Å². The van der Waals surface area contributed by atoms with E-state index in [1.165, 1.54) is 6.21 Å². The van der Waals surface area contributed by atoms with Crippen molar-refractivity contribution in [1.29, 1.82) is 0 Å². The maximum absolute atomic E-state index is 12.3. The maximum Gasteiger partial charge on any atom is 0.329 e. The van der Waals surface area contributed by atoms with Crippen LogP contribution in [0.5, 0.6) is 11.5 Å². The highest BCUT2D eigenvalue weighted by molar-refractivity contribution is 9.10. The minimum Gasteiger partial charge on any atom is -0.490 e. The average Bonchev–Trinajstić information content (AvgIpc) is 3.36. The van der Waals surface area contributed by atoms with Gasteiger partial charge in [-0.15, -0.1) is 0 Å². The van der Waals surface area contributed by atoms with E-state index in [-0.39, 0.29) is 25.2 Å². The van der Waals surface area contributed by atoms with E-state index in [0.29, 0.717) is 45.5 Å². The standard InChI is InChI=1S/C24H26BrClN4O6/c1-2-34-20-10-15(12-28-30-24(33)23(32)27-13-18-7-4-8-35-18)9-19(25)22(20)36-14-21(31)29-17-6-3-5-16(26)11-17/h3,5-6,9-12,18H,2,4,7-8,13-14H2,1H3,(H,27,32)(H,29,31)(H,30,33)/b28-12-/t18-/m0/s1. The van der Waals surface area contributed by atoms with Gasteiger partial charge in [0.25, 0.3) is 5.91 Å². The van der Waals surface area contributed by atoms with Gasteiger partial charge in [0.2, 0.25) is 0 Å². The Labute approximate surface area is 221 Å². The Balaban J connectivity index is 1.56. The van der Waals surface area contributed by atoms with Crippen LogP contribution in [0.3, 0.4) is 0 Å². The summed E-state index contributed by atoms with van der Waals surface area (Å²) in [4.78, 5) is 36.1. The van der Waals surface area contributed by atoms with E-state index in [1.54, 1.807) is 43.3 Å². The van der Waals surface area contributed by atoms with Gasteiger partial charge in [-0.25, -0.2) is 5.43 Å². The van der Waals surface area contributed by atoms with Crippen molar-refractivity contribution in [3.8, 4) is 11.5 Å². The van der Waals surface area contributed by atoms with Crippen molar-refractivity contribution in [2.75, 3.05) is 31.7 Å². The molecule has 12 heteroatoms. The van der Waals surface area contributed by atoms with Crippen LogP contribution in [0.4, 0.5) is 5.69 Å². The lowest BCUT2D eigenvalue weighted by atomic mass is 10.2. The molecule has 3 amide bonds. The fourth-order valence-corrected chi connectivity index (χ4v) is 4.04. The number of carbonyl (C=O) groups is 3. The predicted molar refractivity (Wildman–Crippen MR) is 139 cm³/mol. The molecular weight excluding hydrogens is 556 g/mol. The molecule has 3 N–H and O–H groups in total. The van der Waals surface area contributed by atoms with Crippen molar-refractivity contribution in [3.63, 3.8) is 0 Å². The molecule has 0 unspecified atom stereocenters. The number of amides is 3. The summed E-state index contributed by atoms with van der Waals surface area (Å²) >= 11 is 9.35. The second-order valence-corrected chi connectivity index (χ2v) is 8.95. The van der Waals surface area contributed by atoms with Gasteiger partial charge in [-0.2, -0.15) is 5.10 Å². The fourth-order valence-electron chi connectivity index (χ4n) is 3.27. The van der Waals surface area contributed by atoms with Crippen molar-refractivity contribution in [2.45, 2.75) is 25.9 Å². The van der Waals surface area contributed by atoms with E-state index in [0.717, 1.165) is 12.8 Å². The Kier molecular flexibility index (Phi) is 10.5. The second-order valence-electron chi connectivity index (χ2n) is 7.65. The highest BCUT2D eigenvalue weighted by atomic mass is 79.9. The molecule has 192 valence electrons. The predicted octanol–water partition coefficient (Wildman–Crippen LogP) is 3.26. The summed E-state index contributed by atoms with van der Waals surface area (Å²) in [6.45, 7) is 2.82. The van der Waals surface area contributed by atoms with Crippen LogP contribution < -0.4 is 25.5 Å². The number of nitrogens with zero attached hydrogens (tertiary/aromatic N) is 1. The lowest BCUT2D eigenvalue weighted by molar-refractivity contribution is -0.139. The fraction of sp³-hybridized carbons (Fsp3) is 0.333. The molecule has 0 saturated carbocycles. The number of hydrogen-bond donors (Lipinski definition) is 3. The lowest BCUT2D eigenvalue weighted by Gasteiger charge is -2.14. The van der Waals surface area contributed by atoms with Crippen molar-refractivity contribution in [3.05, 3.63) is 51.5 Å². The minimum absolute atomic E-state index is 0.0665. The quantitative estimate of drug-likeness (QED) is 0.225. The van der Waals surface area contributed by atoms with Gasteiger partial charge in [-0.05, 0) is 71.6 Å². The highest BCUT2D eigenvalue weighted by Gasteiger charge is 2.19. The van der Waals surface area contributed by atoms with E-state index in [9.17, 15) is 14.4 Å². The van der Waals surface area contributed by atoms with Crippen molar-refractivity contribution in [2.24, 2.45) is 5.10 Å². The molecule has 1 saturated heterocycles. The van der Waals surface area contributed by atoms with Gasteiger partial charge >= 0.3 is 11.8 Å². The Morgan fingerprint density at radius 1 is 1.22 bits per heavy atom. The van der Waals surface area contributed by atoms with Gasteiger partial charge in [0.1, 0.15) is 0 Å². The van der Waals surface area contributed by atoms with Crippen LogP contribution in [0.15, 0.2) is 46.0 Å². The Morgan fingerprint density at radius 3 is 2.78 bits per heavy atom. The smallest absolute Gasteiger partial charge is 0.329 e. The summed E-state index contributed by atoms with van der Waals surface area (Å²) in [5.74, 6) is -1.37. The number of anilines is 1. The SMILES string of the molecule is CCOc1cc(/C=N\NC(=O)C(=O)NC[C@@H]2CCCO2)cc(Br)c1OCC(=O)Nc1cccc(Cl)c1. The molecule has 2 aromatic carbocycles. The third-order valence-corrected chi connectivity index (χ3v) is 5.71. The van der Waals surface area contributed by atoms with Crippen molar-refractivity contribution < 1.29 is 28.6 Å². The minimum atomic E-state index is -0.890. The molecule has 0 spiro atoms. The molecule has 0 aromatic heterocycles. The summed E-state index contributed by atoms with van der Waals surface area (Å²) in [6.07, 6.45) is 3.08. The first kappa shape index (κ1) is 27.4. The molecule has 0 aliphatic carbocycles. The maximum atomic E-state index is 12.3. The third-order valence-electron chi connectivity index (χ3n) is 4.89. The molecule has 1 atom stereocenters. The Hall–Kier alpha value is -3.15. The average molecular weight is 582 g/mol. The van der Waals surface area contributed by atoms with E-state index in [1.807, 2.05) is 0 Å². The van der Waals surface area contributed by atoms with Crippen molar-refractivity contribution >= 4 is 57.2 Å². The number of ether oxygens (including phenoxy) is 3. The van der Waals surface area contributed by atoms with Crippen LogP contribution in [-0.4, -0.2) is 56.4 Å². The summed E-state index contributed by atoms with van der Waals surface area (Å²) in [6, 6.07) is 10.1. The summed E-state index contributed by atoms with van der Waals surface area (Å²) in [7, 11) is 0. The molecule has 1 heterocycles. The van der Waals surface area contributed by atoms with Gasteiger partial charge in [0.05, 0.1) is 23.4 Å². The van der Waals surface area contributed by atoms with Crippen LogP contribution in [0.25, 0.3) is 0 Å². The summed E-state index contributed by atoms with van der Waals surface area (Å²) in [5.41, 5.74) is 3.29. The largest absolute Gasteiger partial charge is 0.490 e. The van der Waals surface area contributed by atoms with Gasteiger partial charge in [0.15, 0.2) is 18.1 Å². The molecule has 1 aliphatic rings. The van der Waals surface area contributed by atoms with Crippen LogP contribution in [0.1, 0.15) is 25.3 Å². The third kappa shape index (κ3) is 8.51. The molecular formula is C24H26BrClN4O6. The Morgan fingerprint density at radius 2 is 2.06 bits per heavy atom. The first-order valence-corrected chi connectivity index (χ1v) is 12.4. The lowest BCUT2D eigenvalue weighted by Crippen LogP contribution is -2.41. The summed E-state index contributed by atoms with van der Waals surface area (Å²) < 4.78 is 17.2. The normalized spacial score (nSPS) is 14.9. The topological polar surface area (TPSA) is 127 Å². The second kappa shape index (κ2) is 13.8. The number of benzene rings is 2. The molecule has 3 rings (SSSR count). The zero-order valence-electron chi connectivity index (χ0n) is 19.5. The van der Waals surface area contributed by atoms with Crippen LogP contribution in [0.2, 0.25) is 5.02 Å². The van der Waals surface area contributed by atoms with Gasteiger partial charge in [-0.3, -0.25) is 14.4 Å². The number of rotatable bonds is 10.